The highest BCUT2D eigenvalue weighted by Crippen LogP contribution is 2.46. The number of carbonyl (C=O) groups excluding carboxylic acids is 2. The van der Waals surface area contributed by atoms with Crippen LogP contribution in [0, 0.1) is 13.8 Å². The second-order valence-corrected chi connectivity index (χ2v) is 10.4. The minimum absolute atomic E-state index is 0.0160. The van der Waals surface area contributed by atoms with Gasteiger partial charge >= 0.3 is 0 Å². The van der Waals surface area contributed by atoms with Crippen LogP contribution >= 0.6 is 0 Å². The molecule has 1 atom stereocenters. The predicted molar refractivity (Wildman–Crippen MR) is 145 cm³/mol. The molecule has 1 fully saturated rings. The monoisotopic (exact) mass is 499 g/mol. The highest BCUT2D eigenvalue weighted by Gasteiger charge is 2.48. The van der Waals surface area contributed by atoms with Gasteiger partial charge in [0.15, 0.2) is 0 Å². The fourth-order valence-corrected chi connectivity index (χ4v) is 4.95. The summed E-state index contributed by atoms with van der Waals surface area (Å²) >= 11 is 0. The Morgan fingerprint density at radius 1 is 0.919 bits per heavy atom. The number of hydrogen-bond donors (Lipinski definition) is 1. The van der Waals surface area contributed by atoms with E-state index in [4.69, 9.17) is 9.47 Å². The molecule has 3 aromatic carbocycles. The summed E-state index contributed by atoms with van der Waals surface area (Å²) in [5, 5.41) is 11.6. The van der Waals surface area contributed by atoms with Gasteiger partial charge in [0.25, 0.3) is 11.7 Å². The van der Waals surface area contributed by atoms with Gasteiger partial charge in [0.1, 0.15) is 17.3 Å². The van der Waals surface area contributed by atoms with Crippen molar-refractivity contribution in [2.75, 3.05) is 19.1 Å². The number of aliphatic hydroxyl groups is 1. The van der Waals surface area contributed by atoms with Gasteiger partial charge in [-0.3, -0.25) is 14.5 Å². The van der Waals surface area contributed by atoms with Crippen LogP contribution in [0.1, 0.15) is 54.6 Å². The molecule has 0 bridgehead atoms. The first kappa shape index (κ1) is 26.0. The highest BCUT2D eigenvalue weighted by atomic mass is 16.5. The van der Waals surface area contributed by atoms with E-state index in [9.17, 15) is 14.7 Å². The van der Waals surface area contributed by atoms with Crippen LogP contribution in [0.3, 0.4) is 0 Å². The number of methoxy groups -OCH3 is 2. The normalized spacial score (nSPS) is 17.3. The van der Waals surface area contributed by atoms with Gasteiger partial charge in [0.2, 0.25) is 0 Å². The molecular formula is C31H33NO5. The number of para-hydroxylation sites is 1. The van der Waals surface area contributed by atoms with Crippen molar-refractivity contribution in [1.82, 2.24) is 0 Å². The molecule has 3 aromatic rings. The molecule has 4 rings (SSSR count). The Bertz CT molecular complexity index is 1400. The average molecular weight is 500 g/mol. The maximum absolute atomic E-state index is 13.6. The number of ether oxygens (including phenoxy) is 2. The Balaban J connectivity index is 2.00. The molecule has 0 aromatic heterocycles. The fraction of sp³-hybridized carbons (Fsp3) is 0.290. The summed E-state index contributed by atoms with van der Waals surface area (Å²) in [6, 6.07) is 17.6. The Morgan fingerprint density at radius 3 is 2.16 bits per heavy atom. The molecule has 0 aliphatic carbocycles. The molecule has 1 unspecified atom stereocenters. The molecule has 192 valence electrons. The highest BCUT2D eigenvalue weighted by molar-refractivity contribution is 6.51. The van der Waals surface area contributed by atoms with E-state index >= 15 is 0 Å². The third-order valence-corrected chi connectivity index (χ3v) is 6.77. The van der Waals surface area contributed by atoms with E-state index in [0.717, 1.165) is 16.7 Å². The third-order valence-electron chi connectivity index (χ3n) is 6.77. The van der Waals surface area contributed by atoms with Gasteiger partial charge in [-0.2, -0.15) is 0 Å². The Morgan fingerprint density at radius 2 is 1.57 bits per heavy atom. The van der Waals surface area contributed by atoms with Crippen molar-refractivity contribution in [2.24, 2.45) is 0 Å². The van der Waals surface area contributed by atoms with Crippen LogP contribution in [0.4, 0.5) is 5.69 Å². The number of ketones is 1. The van der Waals surface area contributed by atoms with Crippen molar-refractivity contribution in [3.8, 4) is 11.5 Å². The molecule has 0 radical (unpaired) electrons. The Hall–Kier alpha value is -4.06. The average Bonchev–Trinajstić information content (AvgIpc) is 3.12. The number of benzene rings is 3. The third kappa shape index (κ3) is 4.59. The minimum Gasteiger partial charge on any atom is -0.507 e. The number of anilines is 1. The van der Waals surface area contributed by atoms with Gasteiger partial charge in [0.05, 0.1) is 31.4 Å². The number of carbonyl (C=O) groups is 2. The van der Waals surface area contributed by atoms with Gasteiger partial charge in [-0.25, -0.2) is 0 Å². The molecule has 1 aliphatic rings. The van der Waals surface area contributed by atoms with Crippen LogP contribution in [0.15, 0.2) is 66.2 Å². The first-order chi connectivity index (χ1) is 17.5. The van der Waals surface area contributed by atoms with Crippen molar-refractivity contribution < 1.29 is 24.2 Å². The van der Waals surface area contributed by atoms with Gasteiger partial charge in [0, 0.05) is 11.3 Å². The summed E-state index contributed by atoms with van der Waals surface area (Å²) in [4.78, 5) is 28.6. The number of rotatable bonds is 5. The molecule has 0 saturated carbocycles. The van der Waals surface area contributed by atoms with Crippen LogP contribution in [-0.4, -0.2) is 31.0 Å². The smallest absolute Gasteiger partial charge is 0.300 e. The van der Waals surface area contributed by atoms with E-state index in [0.29, 0.717) is 28.3 Å². The number of hydrogen-bond acceptors (Lipinski definition) is 5. The van der Waals surface area contributed by atoms with Crippen LogP contribution < -0.4 is 14.4 Å². The van der Waals surface area contributed by atoms with Crippen molar-refractivity contribution in [3.63, 3.8) is 0 Å². The van der Waals surface area contributed by atoms with Gasteiger partial charge in [-0.05, 0) is 60.2 Å². The summed E-state index contributed by atoms with van der Waals surface area (Å²) in [5.74, 6) is -0.822. The molecule has 37 heavy (non-hydrogen) atoms. The van der Waals surface area contributed by atoms with Crippen molar-refractivity contribution >= 4 is 23.1 Å². The van der Waals surface area contributed by atoms with Gasteiger partial charge in [-0.15, -0.1) is 0 Å². The molecule has 1 saturated heterocycles. The maximum Gasteiger partial charge on any atom is 0.300 e. The molecule has 1 amide bonds. The molecule has 0 spiro atoms. The van der Waals surface area contributed by atoms with E-state index in [2.05, 4.69) is 20.8 Å². The fourth-order valence-electron chi connectivity index (χ4n) is 4.95. The zero-order chi connectivity index (χ0) is 27.1. The van der Waals surface area contributed by atoms with Crippen molar-refractivity contribution in [1.29, 1.82) is 0 Å². The van der Waals surface area contributed by atoms with E-state index in [1.165, 1.54) is 19.1 Å². The van der Waals surface area contributed by atoms with Crippen LogP contribution in [0.2, 0.25) is 0 Å². The first-order valence-corrected chi connectivity index (χ1v) is 12.2. The molecule has 6 heteroatoms. The lowest BCUT2D eigenvalue weighted by molar-refractivity contribution is -0.132. The molecule has 1 heterocycles. The molecule has 1 N–H and O–H groups in total. The lowest BCUT2D eigenvalue weighted by Gasteiger charge is -2.27. The minimum atomic E-state index is -0.901. The van der Waals surface area contributed by atoms with Crippen LogP contribution in [0.25, 0.3) is 5.76 Å². The topological polar surface area (TPSA) is 76.1 Å². The first-order valence-electron chi connectivity index (χ1n) is 12.2. The zero-order valence-electron chi connectivity index (χ0n) is 22.4. The predicted octanol–water partition coefficient (Wildman–Crippen LogP) is 6.24. The van der Waals surface area contributed by atoms with Crippen molar-refractivity contribution in [3.05, 3.63) is 94.1 Å². The quantitative estimate of drug-likeness (QED) is 0.255. The van der Waals surface area contributed by atoms with Crippen LogP contribution in [-0.2, 0) is 15.0 Å². The number of amides is 1. The summed E-state index contributed by atoms with van der Waals surface area (Å²) in [6.07, 6.45) is 0. The summed E-state index contributed by atoms with van der Waals surface area (Å²) in [7, 11) is 3.05. The summed E-state index contributed by atoms with van der Waals surface area (Å²) in [5.41, 5.74) is 4.21. The van der Waals surface area contributed by atoms with Crippen molar-refractivity contribution in [2.45, 2.75) is 46.1 Å². The lowest BCUT2D eigenvalue weighted by Crippen LogP contribution is -2.29. The Labute approximate surface area is 218 Å². The lowest BCUT2D eigenvalue weighted by atomic mass is 9.87. The van der Waals surface area contributed by atoms with E-state index < -0.39 is 17.7 Å². The number of aryl methyl sites for hydroxylation is 2. The van der Waals surface area contributed by atoms with Gasteiger partial charge < -0.3 is 14.6 Å². The zero-order valence-corrected chi connectivity index (χ0v) is 22.4. The molecule has 1 aliphatic heterocycles. The molecular weight excluding hydrogens is 466 g/mol. The standard InChI is InChI=1S/C31H33NO5/c1-18-16-19(2)29(37-7)23(17-18)27(33)25-26(22-10-8-9-11-24(22)36-6)32(30(35)28(25)34)21-14-12-20(13-15-21)31(3,4)5/h8-17,26,33H,1-7H3/b27-25+. The number of nitrogens with zero attached hydrogens (tertiary/aromatic N) is 1. The molecule has 6 nitrogen and oxygen atoms in total. The summed E-state index contributed by atoms with van der Waals surface area (Å²) in [6.45, 7) is 10.1. The van der Waals surface area contributed by atoms with E-state index in [1.807, 2.05) is 56.3 Å². The SMILES string of the molecule is COc1ccccc1C1/C(=C(\O)c2cc(C)cc(C)c2OC)C(=O)C(=O)N1c1ccc(C(C)(C)C)cc1. The van der Waals surface area contributed by atoms with E-state index in [-0.39, 0.29) is 16.7 Å². The largest absolute Gasteiger partial charge is 0.507 e. The maximum atomic E-state index is 13.6. The Kier molecular flexibility index (Phi) is 6.87. The van der Waals surface area contributed by atoms with Crippen LogP contribution in [0.5, 0.6) is 11.5 Å². The number of aliphatic hydroxyl groups excluding tert-OH is 1. The van der Waals surface area contributed by atoms with Gasteiger partial charge in [-0.1, -0.05) is 57.2 Å². The van der Waals surface area contributed by atoms with E-state index in [1.54, 1.807) is 18.2 Å². The number of Topliss-reactive ketones (excluding diaryl/α,β-unsaturated/α-hetero) is 1. The second kappa shape index (κ2) is 9.77. The second-order valence-electron chi connectivity index (χ2n) is 10.4. The summed E-state index contributed by atoms with van der Waals surface area (Å²) < 4.78 is 11.2.